The molecule has 0 saturated heterocycles. The minimum absolute atomic E-state index is 0.459. The number of hydrogen-bond donors (Lipinski definition) is 1. The average molecular weight is 249 g/mol. The maximum absolute atomic E-state index is 4.53. The molecule has 0 bridgehead atoms. The predicted octanol–water partition coefficient (Wildman–Crippen LogP) is 3.00. The first-order chi connectivity index (χ1) is 8.69. The van der Waals surface area contributed by atoms with E-state index in [2.05, 4.69) is 41.8 Å². The summed E-state index contributed by atoms with van der Waals surface area (Å²) in [6.45, 7) is 8.91. The Labute approximate surface area is 111 Å². The standard InChI is InChI=1S/C15H27N3/c1-4-16-13(15(3)8-6-7-9-15)12-14-17-10-11-18(14)5-2/h10-11,13,16H,4-9,12H2,1-3H3. The molecule has 1 N–H and O–H groups in total. The van der Waals surface area contributed by atoms with Crippen molar-refractivity contribution in [1.82, 2.24) is 14.9 Å². The first-order valence-corrected chi connectivity index (χ1v) is 7.43. The van der Waals surface area contributed by atoms with Gasteiger partial charge in [-0.05, 0) is 31.7 Å². The van der Waals surface area contributed by atoms with Gasteiger partial charge in [-0.15, -0.1) is 0 Å². The molecule has 1 unspecified atom stereocenters. The Kier molecular flexibility index (Phi) is 4.44. The van der Waals surface area contributed by atoms with Crippen LogP contribution in [-0.4, -0.2) is 22.1 Å². The van der Waals surface area contributed by atoms with Gasteiger partial charge in [0, 0.05) is 31.4 Å². The number of hydrogen-bond acceptors (Lipinski definition) is 2. The van der Waals surface area contributed by atoms with Crippen molar-refractivity contribution < 1.29 is 0 Å². The van der Waals surface area contributed by atoms with Gasteiger partial charge in [-0.25, -0.2) is 4.98 Å². The zero-order valence-electron chi connectivity index (χ0n) is 12.1. The fraction of sp³-hybridized carbons (Fsp3) is 0.800. The van der Waals surface area contributed by atoms with Crippen molar-refractivity contribution >= 4 is 0 Å². The van der Waals surface area contributed by atoms with Crippen LogP contribution in [0.1, 0.15) is 52.3 Å². The quantitative estimate of drug-likeness (QED) is 0.840. The summed E-state index contributed by atoms with van der Waals surface area (Å²) in [5.41, 5.74) is 0.459. The fourth-order valence-electron chi connectivity index (χ4n) is 3.34. The third kappa shape index (κ3) is 2.77. The van der Waals surface area contributed by atoms with Crippen molar-refractivity contribution in [3.63, 3.8) is 0 Å². The van der Waals surface area contributed by atoms with E-state index in [0.717, 1.165) is 19.5 Å². The van der Waals surface area contributed by atoms with Gasteiger partial charge in [0.05, 0.1) is 0 Å². The third-order valence-corrected chi connectivity index (χ3v) is 4.57. The average Bonchev–Trinajstić information content (AvgIpc) is 2.98. The van der Waals surface area contributed by atoms with Gasteiger partial charge in [-0.3, -0.25) is 0 Å². The second kappa shape index (κ2) is 5.87. The number of aryl methyl sites for hydroxylation is 1. The maximum atomic E-state index is 4.53. The van der Waals surface area contributed by atoms with E-state index >= 15 is 0 Å². The zero-order chi connectivity index (χ0) is 13.0. The Bertz CT molecular complexity index is 364. The Morgan fingerprint density at radius 3 is 2.72 bits per heavy atom. The van der Waals surface area contributed by atoms with Crippen LogP contribution in [0.3, 0.4) is 0 Å². The molecule has 3 nitrogen and oxygen atoms in total. The van der Waals surface area contributed by atoms with E-state index in [9.17, 15) is 0 Å². The molecule has 3 heteroatoms. The summed E-state index contributed by atoms with van der Waals surface area (Å²) in [5, 5.41) is 3.70. The Balaban J connectivity index is 2.11. The Hall–Kier alpha value is -0.830. The SMILES string of the molecule is CCNC(Cc1nccn1CC)C1(C)CCCC1. The minimum Gasteiger partial charge on any atom is -0.335 e. The number of nitrogens with one attached hydrogen (secondary N) is 1. The molecule has 18 heavy (non-hydrogen) atoms. The molecule has 1 saturated carbocycles. The van der Waals surface area contributed by atoms with Crippen LogP contribution < -0.4 is 5.32 Å². The minimum atomic E-state index is 0.459. The summed E-state index contributed by atoms with van der Waals surface area (Å²) in [5.74, 6) is 1.23. The molecule has 0 spiro atoms. The van der Waals surface area contributed by atoms with Gasteiger partial charge in [0.2, 0.25) is 0 Å². The fourth-order valence-corrected chi connectivity index (χ4v) is 3.34. The van der Waals surface area contributed by atoms with Crippen LogP contribution in [0.2, 0.25) is 0 Å². The Morgan fingerprint density at radius 1 is 1.39 bits per heavy atom. The lowest BCUT2D eigenvalue weighted by Crippen LogP contribution is -2.44. The van der Waals surface area contributed by atoms with Gasteiger partial charge < -0.3 is 9.88 Å². The molecule has 0 amide bonds. The summed E-state index contributed by atoms with van der Waals surface area (Å²) in [7, 11) is 0. The molecule has 0 aliphatic heterocycles. The van der Waals surface area contributed by atoms with Crippen molar-refractivity contribution in [2.75, 3.05) is 6.54 Å². The van der Waals surface area contributed by atoms with Crippen molar-refractivity contribution in [3.05, 3.63) is 18.2 Å². The largest absolute Gasteiger partial charge is 0.335 e. The second-order valence-electron chi connectivity index (χ2n) is 5.81. The predicted molar refractivity (Wildman–Crippen MR) is 75.6 cm³/mol. The number of nitrogens with zero attached hydrogens (tertiary/aromatic N) is 2. The maximum Gasteiger partial charge on any atom is 0.110 e. The highest BCUT2D eigenvalue weighted by Gasteiger charge is 2.36. The van der Waals surface area contributed by atoms with Crippen LogP contribution in [0.5, 0.6) is 0 Å². The zero-order valence-corrected chi connectivity index (χ0v) is 12.1. The molecule has 1 atom stereocenters. The van der Waals surface area contributed by atoms with Crippen LogP contribution in [0.4, 0.5) is 0 Å². The van der Waals surface area contributed by atoms with Gasteiger partial charge in [0.1, 0.15) is 5.82 Å². The van der Waals surface area contributed by atoms with Crippen LogP contribution in [-0.2, 0) is 13.0 Å². The van der Waals surface area contributed by atoms with Crippen LogP contribution in [0, 0.1) is 5.41 Å². The normalized spacial score (nSPS) is 20.2. The van der Waals surface area contributed by atoms with Gasteiger partial charge >= 0.3 is 0 Å². The van der Waals surface area contributed by atoms with Crippen LogP contribution in [0.25, 0.3) is 0 Å². The van der Waals surface area contributed by atoms with E-state index in [1.807, 2.05) is 6.20 Å². The summed E-state index contributed by atoms with van der Waals surface area (Å²) in [6, 6.07) is 0.567. The van der Waals surface area contributed by atoms with E-state index in [1.54, 1.807) is 0 Å². The molecule has 1 fully saturated rings. The topological polar surface area (TPSA) is 29.9 Å². The lowest BCUT2D eigenvalue weighted by Gasteiger charge is -2.34. The van der Waals surface area contributed by atoms with Crippen molar-refractivity contribution in [2.24, 2.45) is 5.41 Å². The van der Waals surface area contributed by atoms with E-state index < -0.39 is 0 Å². The summed E-state index contributed by atoms with van der Waals surface area (Å²) >= 11 is 0. The highest BCUT2D eigenvalue weighted by Crippen LogP contribution is 2.41. The third-order valence-electron chi connectivity index (χ3n) is 4.57. The van der Waals surface area contributed by atoms with Crippen LogP contribution in [0.15, 0.2) is 12.4 Å². The highest BCUT2D eigenvalue weighted by atomic mass is 15.1. The summed E-state index contributed by atoms with van der Waals surface area (Å²) in [6.07, 6.45) is 10.6. The van der Waals surface area contributed by atoms with E-state index in [-0.39, 0.29) is 0 Å². The molecule has 2 rings (SSSR count). The molecule has 1 heterocycles. The number of aromatic nitrogens is 2. The van der Waals surface area contributed by atoms with Crippen molar-refractivity contribution in [1.29, 1.82) is 0 Å². The number of likely N-dealkylation sites (N-methyl/N-ethyl adjacent to an activating group) is 1. The molecule has 102 valence electrons. The first-order valence-electron chi connectivity index (χ1n) is 7.43. The summed E-state index contributed by atoms with van der Waals surface area (Å²) in [4.78, 5) is 4.53. The monoisotopic (exact) mass is 249 g/mol. The Morgan fingerprint density at radius 2 is 2.11 bits per heavy atom. The smallest absolute Gasteiger partial charge is 0.110 e. The lowest BCUT2D eigenvalue weighted by molar-refractivity contribution is 0.218. The molecule has 1 aliphatic rings. The molecule has 0 radical (unpaired) electrons. The lowest BCUT2D eigenvalue weighted by atomic mass is 9.79. The van der Waals surface area contributed by atoms with E-state index in [0.29, 0.717) is 11.5 Å². The highest BCUT2D eigenvalue weighted by molar-refractivity contribution is 5.01. The molecule has 0 aromatic carbocycles. The molecule has 1 aliphatic carbocycles. The van der Waals surface area contributed by atoms with Gasteiger partial charge in [-0.1, -0.05) is 26.7 Å². The van der Waals surface area contributed by atoms with Crippen molar-refractivity contribution in [3.8, 4) is 0 Å². The summed E-state index contributed by atoms with van der Waals surface area (Å²) < 4.78 is 2.27. The molecular weight excluding hydrogens is 222 g/mol. The second-order valence-corrected chi connectivity index (χ2v) is 5.81. The van der Waals surface area contributed by atoms with Gasteiger partial charge in [0.15, 0.2) is 0 Å². The first kappa shape index (κ1) is 13.6. The van der Waals surface area contributed by atoms with Crippen molar-refractivity contribution in [2.45, 2.75) is 65.5 Å². The van der Waals surface area contributed by atoms with Crippen LogP contribution >= 0.6 is 0 Å². The van der Waals surface area contributed by atoms with E-state index in [1.165, 1.54) is 31.5 Å². The van der Waals surface area contributed by atoms with E-state index in [4.69, 9.17) is 0 Å². The molecule has 1 aromatic heterocycles. The van der Waals surface area contributed by atoms with Gasteiger partial charge in [0.25, 0.3) is 0 Å². The van der Waals surface area contributed by atoms with Gasteiger partial charge in [-0.2, -0.15) is 0 Å². The molecule has 1 aromatic rings. The molecular formula is C15H27N3. The number of rotatable bonds is 6. The number of imidazole rings is 1.